The van der Waals surface area contributed by atoms with Gasteiger partial charge in [-0.1, -0.05) is 6.42 Å². The predicted octanol–water partition coefficient (Wildman–Crippen LogP) is 1.96. The lowest BCUT2D eigenvalue weighted by atomic mass is 10.0. The SMILES string of the molecule is CC1(C)CCC(N2CCCCC2)N1. The highest BCUT2D eigenvalue weighted by Crippen LogP contribution is 2.25. The smallest absolute Gasteiger partial charge is 0.0601 e. The zero-order valence-corrected chi connectivity index (χ0v) is 8.97. The third kappa shape index (κ3) is 2.23. The van der Waals surface area contributed by atoms with Crippen LogP contribution < -0.4 is 5.32 Å². The van der Waals surface area contributed by atoms with Crippen LogP contribution in [0.25, 0.3) is 0 Å². The molecule has 0 amide bonds. The van der Waals surface area contributed by atoms with Crippen molar-refractivity contribution in [3.05, 3.63) is 0 Å². The van der Waals surface area contributed by atoms with E-state index in [2.05, 4.69) is 24.1 Å². The van der Waals surface area contributed by atoms with Gasteiger partial charge >= 0.3 is 0 Å². The number of nitrogens with zero attached hydrogens (tertiary/aromatic N) is 1. The van der Waals surface area contributed by atoms with Crippen molar-refractivity contribution < 1.29 is 0 Å². The molecule has 2 nitrogen and oxygen atoms in total. The van der Waals surface area contributed by atoms with Crippen molar-refractivity contribution >= 4 is 0 Å². The van der Waals surface area contributed by atoms with E-state index in [1.807, 2.05) is 0 Å². The lowest BCUT2D eigenvalue weighted by Crippen LogP contribution is -2.49. The summed E-state index contributed by atoms with van der Waals surface area (Å²) in [5.41, 5.74) is 0.377. The van der Waals surface area contributed by atoms with Crippen molar-refractivity contribution in [3.63, 3.8) is 0 Å². The van der Waals surface area contributed by atoms with Gasteiger partial charge in [0.1, 0.15) is 0 Å². The summed E-state index contributed by atoms with van der Waals surface area (Å²) in [5, 5.41) is 3.73. The quantitative estimate of drug-likeness (QED) is 0.667. The second-order valence-electron chi connectivity index (χ2n) is 5.18. The van der Waals surface area contributed by atoms with E-state index in [4.69, 9.17) is 0 Å². The molecule has 2 saturated heterocycles. The van der Waals surface area contributed by atoms with Gasteiger partial charge in [0.05, 0.1) is 6.17 Å². The summed E-state index contributed by atoms with van der Waals surface area (Å²) in [6, 6.07) is 0. The molecule has 0 spiro atoms. The van der Waals surface area contributed by atoms with Crippen LogP contribution in [-0.4, -0.2) is 29.7 Å². The molecule has 0 aromatic heterocycles. The molecule has 0 bridgehead atoms. The minimum atomic E-state index is 0.377. The molecule has 0 saturated carbocycles. The number of hydrogen-bond acceptors (Lipinski definition) is 2. The summed E-state index contributed by atoms with van der Waals surface area (Å²) >= 11 is 0. The Morgan fingerprint density at radius 3 is 2.38 bits per heavy atom. The van der Waals surface area contributed by atoms with Gasteiger partial charge in [-0.25, -0.2) is 0 Å². The van der Waals surface area contributed by atoms with Crippen molar-refractivity contribution in [2.45, 2.75) is 57.7 Å². The molecule has 2 rings (SSSR count). The molecule has 1 N–H and O–H groups in total. The monoisotopic (exact) mass is 182 g/mol. The van der Waals surface area contributed by atoms with E-state index in [-0.39, 0.29) is 0 Å². The van der Waals surface area contributed by atoms with E-state index in [1.54, 1.807) is 0 Å². The van der Waals surface area contributed by atoms with Crippen LogP contribution in [0.1, 0.15) is 46.0 Å². The minimum absolute atomic E-state index is 0.377. The van der Waals surface area contributed by atoms with Crippen molar-refractivity contribution in [1.82, 2.24) is 10.2 Å². The largest absolute Gasteiger partial charge is 0.297 e. The zero-order valence-electron chi connectivity index (χ0n) is 8.97. The molecular formula is C11H22N2. The van der Waals surface area contributed by atoms with Gasteiger partial charge in [0.25, 0.3) is 0 Å². The standard InChI is InChI=1S/C11H22N2/c1-11(2)7-6-10(12-11)13-8-4-3-5-9-13/h10,12H,3-9H2,1-2H3. The van der Waals surface area contributed by atoms with Crippen LogP contribution in [0.15, 0.2) is 0 Å². The molecule has 1 atom stereocenters. The van der Waals surface area contributed by atoms with Gasteiger partial charge < -0.3 is 0 Å². The fourth-order valence-electron chi connectivity index (χ4n) is 2.60. The predicted molar refractivity (Wildman–Crippen MR) is 55.7 cm³/mol. The maximum absolute atomic E-state index is 3.73. The van der Waals surface area contributed by atoms with Crippen LogP contribution in [0.2, 0.25) is 0 Å². The number of rotatable bonds is 1. The molecule has 2 heteroatoms. The molecule has 1 unspecified atom stereocenters. The Morgan fingerprint density at radius 2 is 1.85 bits per heavy atom. The average Bonchev–Trinajstić information content (AvgIpc) is 2.48. The van der Waals surface area contributed by atoms with Crippen LogP contribution in [-0.2, 0) is 0 Å². The van der Waals surface area contributed by atoms with Crippen molar-refractivity contribution in [3.8, 4) is 0 Å². The first-order chi connectivity index (χ1) is 6.17. The van der Waals surface area contributed by atoms with E-state index in [0.717, 1.165) is 0 Å². The van der Waals surface area contributed by atoms with E-state index >= 15 is 0 Å². The van der Waals surface area contributed by atoms with E-state index in [0.29, 0.717) is 11.7 Å². The number of piperidine rings is 1. The van der Waals surface area contributed by atoms with Crippen LogP contribution in [0.5, 0.6) is 0 Å². The Bertz CT molecular complexity index is 171. The zero-order chi connectivity index (χ0) is 9.31. The first-order valence-corrected chi connectivity index (χ1v) is 5.69. The third-order valence-electron chi connectivity index (χ3n) is 3.43. The second-order valence-corrected chi connectivity index (χ2v) is 5.18. The van der Waals surface area contributed by atoms with E-state index in [9.17, 15) is 0 Å². The van der Waals surface area contributed by atoms with Crippen molar-refractivity contribution in [2.75, 3.05) is 13.1 Å². The number of hydrogen-bond donors (Lipinski definition) is 1. The highest BCUT2D eigenvalue weighted by atomic mass is 15.3. The summed E-state index contributed by atoms with van der Waals surface area (Å²) in [7, 11) is 0. The minimum Gasteiger partial charge on any atom is -0.297 e. The van der Waals surface area contributed by atoms with Gasteiger partial charge in [-0.3, -0.25) is 10.2 Å². The average molecular weight is 182 g/mol. The molecule has 2 fully saturated rings. The highest BCUT2D eigenvalue weighted by molar-refractivity contribution is 4.91. The number of likely N-dealkylation sites (tertiary alicyclic amines) is 1. The lowest BCUT2D eigenvalue weighted by molar-refractivity contribution is 0.141. The molecule has 13 heavy (non-hydrogen) atoms. The highest BCUT2D eigenvalue weighted by Gasteiger charge is 2.33. The van der Waals surface area contributed by atoms with Gasteiger partial charge in [-0.05, 0) is 52.6 Å². The molecule has 76 valence electrons. The summed E-state index contributed by atoms with van der Waals surface area (Å²) in [6.45, 7) is 7.26. The summed E-state index contributed by atoms with van der Waals surface area (Å²) in [4.78, 5) is 2.64. The van der Waals surface area contributed by atoms with Crippen molar-refractivity contribution in [2.24, 2.45) is 0 Å². The molecular weight excluding hydrogens is 160 g/mol. The maximum Gasteiger partial charge on any atom is 0.0601 e. The molecule has 2 heterocycles. The van der Waals surface area contributed by atoms with Crippen LogP contribution in [0, 0.1) is 0 Å². The lowest BCUT2D eigenvalue weighted by Gasteiger charge is -2.33. The fraction of sp³-hybridized carbons (Fsp3) is 1.00. The third-order valence-corrected chi connectivity index (χ3v) is 3.43. The molecule has 0 aromatic rings. The van der Waals surface area contributed by atoms with Gasteiger partial charge in [0, 0.05) is 5.54 Å². The maximum atomic E-state index is 3.73. The first kappa shape index (κ1) is 9.47. The van der Waals surface area contributed by atoms with Crippen LogP contribution in [0.4, 0.5) is 0 Å². The molecule has 0 aromatic carbocycles. The van der Waals surface area contributed by atoms with E-state index in [1.165, 1.54) is 45.2 Å². The molecule has 0 aliphatic carbocycles. The van der Waals surface area contributed by atoms with Gasteiger partial charge in [-0.2, -0.15) is 0 Å². The van der Waals surface area contributed by atoms with Crippen LogP contribution >= 0.6 is 0 Å². The van der Waals surface area contributed by atoms with Crippen LogP contribution in [0.3, 0.4) is 0 Å². The Hall–Kier alpha value is -0.0800. The topological polar surface area (TPSA) is 15.3 Å². The Morgan fingerprint density at radius 1 is 1.15 bits per heavy atom. The number of nitrogens with one attached hydrogen (secondary N) is 1. The summed E-state index contributed by atoms with van der Waals surface area (Å²) < 4.78 is 0. The Balaban J connectivity index is 1.87. The van der Waals surface area contributed by atoms with Gasteiger partial charge in [0.2, 0.25) is 0 Å². The van der Waals surface area contributed by atoms with Crippen molar-refractivity contribution in [1.29, 1.82) is 0 Å². The normalized spacial score (nSPS) is 35.1. The fourth-order valence-corrected chi connectivity index (χ4v) is 2.60. The first-order valence-electron chi connectivity index (χ1n) is 5.69. The summed E-state index contributed by atoms with van der Waals surface area (Å²) in [6.07, 6.45) is 7.58. The van der Waals surface area contributed by atoms with Gasteiger partial charge in [0.15, 0.2) is 0 Å². The second kappa shape index (κ2) is 3.58. The molecule has 0 radical (unpaired) electrons. The summed E-state index contributed by atoms with van der Waals surface area (Å²) in [5.74, 6) is 0. The molecule has 2 aliphatic heterocycles. The molecule has 2 aliphatic rings. The Labute approximate surface area is 81.7 Å². The van der Waals surface area contributed by atoms with Gasteiger partial charge in [-0.15, -0.1) is 0 Å². The van der Waals surface area contributed by atoms with E-state index < -0.39 is 0 Å². The Kier molecular flexibility index (Phi) is 2.61.